The van der Waals surface area contributed by atoms with Crippen molar-refractivity contribution in [2.24, 2.45) is 0 Å². The first-order valence-electron chi connectivity index (χ1n) is 10.8. The summed E-state index contributed by atoms with van der Waals surface area (Å²) in [5, 5.41) is 5.49. The highest BCUT2D eigenvalue weighted by Gasteiger charge is 2.40. The van der Waals surface area contributed by atoms with Gasteiger partial charge in [-0.2, -0.15) is 0 Å². The fourth-order valence-corrected chi connectivity index (χ4v) is 4.19. The van der Waals surface area contributed by atoms with Crippen LogP contribution < -0.4 is 10.6 Å². The average Bonchev–Trinajstić information content (AvgIpc) is 2.79. The fourth-order valence-electron chi connectivity index (χ4n) is 4.19. The van der Waals surface area contributed by atoms with Gasteiger partial charge in [0.15, 0.2) is 0 Å². The zero-order valence-corrected chi connectivity index (χ0v) is 18.0. The van der Waals surface area contributed by atoms with Gasteiger partial charge in [-0.05, 0) is 61.2 Å². The van der Waals surface area contributed by atoms with Crippen LogP contribution in [-0.2, 0) is 20.9 Å². The van der Waals surface area contributed by atoms with Crippen molar-refractivity contribution in [1.29, 1.82) is 0 Å². The zero-order chi connectivity index (χ0) is 22.7. The maximum atomic E-state index is 12.8. The number of nitrogens with one attached hydrogen (secondary N) is 2. The third-order valence-electron chi connectivity index (χ3n) is 5.80. The third-order valence-corrected chi connectivity index (χ3v) is 5.80. The van der Waals surface area contributed by atoms with Gasteiger partial charge in [0.1, 0.15) is 12.6 Å². The summed E-state index contributed by atoms with van der Waals surface area (Å²) in [6, 6.07) is 13.6. The van der Waals surface area contributed by atoms with Crippen LogP contribution in [0.4, 0.5) is 11.4 Å². The Morgan fingerprint density at radius 1 is 0.938 bits per heavy atom. The quantitative estimate of drug-likeness (QED) is 0.756. The van der Waals surface area contributed by atoms with Crippen LogP contribution in [0.3, 0.4) is 0 Å². The van der Waals surface area contributed by atoms with E-state index in [-0.39, 0.29) is 36.2 Å². The molecule has 2 saturated heterocycles. The third kappa shape index (κ3) is 4.80. The molecule has 8 heteroatoms. The van der Waals surface area contributed by atoms with Crippen molar-refractivity contribution in [2.45, 2.75) is 38.8 Å². The Morgan fingerprint density at radius 3 is 2.25 bits per heavy atom. The van der Waals surface area contributed by atoms with Crippen LogP contribution in [0.25, 0.3) is 0 Å². The number of anilines is 2. The molecule has 0 aromatic heterocycles. The van der Waals surface area contributed by atoms with E-state index in [1.165, 1.54) is 6.92 Å². The highest BCUT2D eigenvalue weighted by Crippen LogP contribution is 2.24. The second-order valence-corrected chi connectivity index (χ2v) is 8.20. The Hall–Kier alpha value is -3.68. The number of hydrogen-bond acceptors (Lipinski definition) is 4. The second kappa shape index (κ2) is 9.21. The number of nitrogens with zero attached hydrogens (tertiary/aromatic N) is 2. The Balaban J connectivity index is 1.36. The van der Waals surface area contributed by atoms with E-state index < -0.39 is 0 Å². The molecule has 1 atom stereocenters. The summed E-state index contributed by atoms with van der Waals surface area (Å²) >= 11 is 0. The topological polar surface area (TPSA) is 98.8 Å². The van der Waals surface area contributed by atoms with Crippen LogP contribution in [0.15, 0.2) is 48.5 Å². The van der Waals surface area contributed by atoms with Gasteiger partial charge in [0.05, 0.1) is 0 Å². The molecule has 0 radical (unpaired) electrons. The molecule has 4 amide bonds. The lowest BCUT2D eigenvalue weighted by atomic mass is 9.98. The maximum absolute atomic E-state index is 12.8. The predicted molar refractivity (Wildman–Crippen MR) is 120 cm³/mol. The Morgan fingerprint density at radius 2 is 1.59 bits per heavy atom. The molecule has 2 N–H and O–H groups in total. The molecule has 2 aliphatic heterocycles. The number of hydrogen-bond donors (Lipinski definition) is 2. The van der Waals surface area contributed by atoms with E-state index in [0.29, 0.717) is 30.0 Å². The first-order valence-corrected chi connectivity index (χ1v) is 10.8. The first-order chi connectivity index (χ1) is 15.4. The molecule has 0 bridgehead atoms. The Labute approximate surface area is 186 Å². The highest BCUT2D eigenvalue weighted by atomic mass is 16.2. The molecule has 2 aromatic carbocycles. The lowest BCUT2D eigenvalue weighted by molar-refractivity contribution is -0.158. The van der Waals surface area contributed by atoms with Gasteiger partial charge in [0, 0.05) is 37.0 Å². The standard InChI is InChI=1S/C24H26N4O4/c1-16(29)25-19-9-11-20(12-10-19)26-23(31)18-7-5-17(6-8-18)14-27-15-22(30)28-13-3-2-4-21(28)24(27)32/h5-12,21H,2-4,13-15H2,1H3,(H,25,29)(H,26,31)/t21-/m0/s1. The molecule has 2 aliphatic rings. The van der Waals surface area contributed by atoms with Gasteiger partial charge in [-0.3, -0.25) is 19.2 Å². The molecule has 2 heterocycles. The van der Waals surface area contributed by atoms with E-state index in [1.807, 2.05) is 0 Å². The lowest BCUT2D eigenvalue weighted by Crippen LogP contribution is -2.60. The second-order valence-electron chi connectivity index (χ2n) is 8.20. The number of rotatable bonds is 5. The predicted octanol–water partition coefficient (Wildman–Crippen LogP) is 2.62. The van der Waals surface area contributed by atoms with Crippen molar-refractivity contribution < 1.29 is 19.2 Å². The molecule has 0 aliphatic carbocycles. The van der Waals surface area contributed by atoms with Crippen molar-refractivity contribution in [3.8, 4) is 0 Å². The molecule has 2 aromatic rings. The zero-order valence-electron chi connectivity index (χ0n) is 18.0. The van der Waals surface area contributed by atoms with E-state index in [1.54, 1.807) is 58.3 Å². The summed E-state index contributed by atoms with van der Waals surface area (Å²) in [5.41, 5.74) is 2.62. The molecule has 4 rings (SSSR count). The lowest BCUT2D eigenvalue weighted by Gasteiger charge is -2.42. The van der Waals surface area contributed by atoms with Crippen molar-refractivity contribution >= 4 is 35.0 Å². The minimum Gasteiger partial charge on any atom is -0.329 e. The molecule has 0 spiro atoms. The smallest absolute Gasteiger partial charge is 0.255 e. The molecule has 2 fully saturated rings. The molecular formula is C24H26N4O4. The van der Waals surface area contributed by atoms with E-state index >= 15 is 0 Å². The van der Waals surface area contributed by atoms with Crippen molar-refractivity contribution in [3.63, 3.8) is 0 Å². The first kappa shape index (κ1) is 21.5. The Kier molecular flexibility index (Phi) is 6.20. The summed E-state index contributed by atoms with van der Waals surface area (Å²) in [6.07, 6.45) is 2.65. The van der Waals surface area contributed by atoms with Crippen LogP contribution in [0.1, 0.15) is 42.1 Å². The largest absolute Gasteiger partial charge is 0.329 e. The number of carbonyl (C=O) groups excluding carboxylic acids is 4. The number of piperazine rings is 1. The van der Waals surface area contributed by atoms with E-state index in [2.05, 4.69) is 10.6 Å². The summed E-state index contributed by atoms with van der Waals surface area (Å²) in [6.45, 7) is 2.55. The number of fused-ring (bicyclic) bond motifs is 1. The van der Waals surface area contributed by atoms with Gasteiger partial charge in [-0.15, -0.1) is 0 Å². The molecule has 0 saturated carbocycles. The van der Waals surface area contributed by atoms with E-state index in [4.69, 9.17) is 0 Å². The monoisotopic (exact) mass is 434 g/mol. The van der Waals surface area contributed by atoms with Crippen LogP contribution in [0.2, 0.25) is 0 Å². The van der Waals surface area contributed by atoms with Crippen molar-refractivity contribution in [1.82, 2.24) is 9.80 Å². The van der Waals surface area contributed by atoms with Gasteiger partial charge in [-0.1, -0.05) is 12.1 Å². The Bertz CT molecular complexity index is 1030. The van der Waals surface area contributed by atoms with Crippen LogP contribution in [0.5, 0.6) is 0 Å². The number of amides is 4. The molecule has 0 unspecified atom stereocenters. The van der Waals surface area contributed by atoms with Crippen molar-refractivity contribution in [2.75, 3.05) is 23.7 Å². The summed E-state index contributed by atoms with van der Waals surface area (Å²) in [5.74, 6) is -0.400. The fraction of sp³-hybridized carbons (Fsp3) is 0.333. The molecular weight excluding hydrogens is 408 g/mol. The SMILES string of the molecule is CC(=O)Nc1ccc(NC(=O)c2ccc(CN3CC(=O)N4CCCC[C@H]4C3=O)cc2)cc1. The summed E-state index contributed by atoms with van der Waals surface area (Å²) in [7, 11) is 0. The highest BCUT2D eigenvalue weighted by molar-refractivity contribution is 6.04. The number of benzene rings is 2. The van der Waals surface area contributed by atoms with E-state index in [9.17, 15) is 19.2 Å². The van der Waals surface area contributed by atoms with Crippen LogP contribution >= 0.6 is 0 Å². The number of carbonyl (C=O) groups is 4. The van der Waals surface area contributed by atoms with Gasteiger partial charge >= 0.3 is 0 Å². The van der Waals surface area contributed by atoms with Crippen molar-refractivity contribution in [3.05, 3.63) is 59.7 Å². The van der Waals surface area contributed by atoms with E-state index in [0.717, 1.165) is 24.8 Å². The number of piperidine rings is 1. The molecule has 8 nitrogen and oxygen atoms in total. The molecule has 32 heavy (non-hydrogen) atoms. The van der Waals surface area contributed by atoms with Gasteiger partial charge in [0.25, 0.3) is 5.91 Å². The normalized spacial score (nSPS) is 18.2. The average molecular weight is 434 g/mol. The summed E-state index contributed by atoms with van der Waals surface area (Å²) < 4.78 is 0. The minimum atomic E-state index is -0.327. The van der Waals surface area contributed by atoms with Gasteiger partial charge in [0.2, 0.25) is 17.7 Å². The minimum absolute atomic E-state index is 0.00818. The van der Waals surface area contributed by atoms with Crippen LogP contribution in [-0.4, -0.2) is 52.6 Å². The van der Waals surface area contributed by atoms with Gasteiger partial charge < -0.3 is 20.4 Å². The maximum Gasteiger partial charge on any atom is 0.255 e. The molecule has 166 valence electrons. The summed E-state index contributed by atoms with van der Waals surface area (Å²) in [4.78, 5) is 52.2. The van der Waals surface area contributed by atoms with Gasteiger partial charge in [-0.25, -0.2) is 0 Å². The van der Waals surface area contributed by atoms with Crippen LogP contribution in [0, 0.1) is 0 Å².